The summed E-state index contributed by atoms with van der Waals surface area (Å²) < 4.78 is 80.7. The zero-order chi connectivity index (χ0) is 61.5. The standard InChI is InChI=1S/C63H61F3N2O17/c1-32-41(82-58(77)49(71)47(35-19-11-7-12-20-35)67-55(74)37-23-15-9-16-24-37)30-63(79)54(84-57(76)38-25-17-10-18-26-38)52-61(6,53(73)51(81-33(2)69)44(32)60(63,4)5)42(29-43-62(52,31-80-43)85-34(3)70)83-59(78)50(72)48(36-21-13-8-14-22-36)68-56(75)39-27-28-40(64)46(66)45(39)65/h7-28,41-43,47-52,54,71-72,79H,29-31H2,1-6H3,(H,67,74)(H,68,75)/t41-,42-,43+,47-,48?,49+,50?,51+,52?,54-,61+,62-,63+/m0/s1. The van der Waals surface area contributed by atoms with E-state index in [9.17, 15) is 57.7 Å². The van der Waals surface area contributed by atoms with E-state index in [1.54, 1.807) is 60.7 Å². The first-order chi connectivity index (χ1) is 40.3. The average Bonchev–Trinajstić information content (AvgIpc) is 0.720. The summed E-state index contributed by atoms with van der Waals surface area (Å²) in [5, 5.41) is 43.3. The van der Waals surface area contributed by atoms with Gasteiger partial charge < -0.3 is 54.4 Å². The molecule has 3 unspecified atom stereocenters. The van der Waals surface area contributed by atoms with Crippen molar-refractivity contribution in [3.8, 4) is 0 Å². The van der Waals surface area contributed by atoms with E-state index in [-0.39, 0.29) is 33.4 Å². The van der Waals surface area contributed by atoms with Crippen LogP contribution in [0, 0.1) is 34.2 Å². The molecule has 3 aliphatic carbocycles. The SMILES string of the molecule is CC(=O)O[C@H]1C(=O)[C@@]2(C)C([C@H](OC(=O)c3ccccc3)[C@]3(O)C[C@H](OC(=O)[C@H](O)[C@@H](NC(=O)c4ccccc4)c4ccccc4)C(C)=C1C3(C)C)[C@]1(OC(C)=O)CO[C@@H]1C[C@@H]2OC(=O)C(O)C(NC(=O)c1ccc(F)c(F)c1F)c1ccccc1. The van der Waals surface area contributed by atoms with Crippen molar-refractivity contribution >= 4 is 47.4 Å². The number of carbonyl (C=O) groups is 8. The Kier molecular flexibility index (Phi) is 17.1. The molecule has 3 fully saturated rings. The Morgan fingerprint density at radius 1 is 0.647 bits per heavy atom. The molecule has 5 aromatic carbocycles. The second kappa shape index (κ2) is 23.8. The van der Waals surface area contributed by atoms with Crippen molar-refractivity contribution < 1.29 is 95.3 Å². The number of carbonyl (C=O) groups excluding carboxylic acids is 8. The van der Waals surface area contributed by atoms with Crippen LogP contribution in [-0.4, -0.2) is 123 Å². The third-order valence-corrected chi connectivity index (χ3v) is 17.0. The second-order valence-corrected chi connectivity index (χ2v) is 22.3. The van der Waals surface area contributed by atoms with Gasteiger partial charge in [0, 0.05) is 37.7 Å². The van der Waals surface area contributed by atoms with Crippen molar-refractivity contribution in [1.29, 1.82) is 0 Å². The molecule has 5 N–H and O–H groups in total. The van der Waals surface area contributed by atoms with Gasteiger partial charge >= 0.3 is 29.8 Å². The zero-order valence-electron chi connectivity index (χ0n) is 46.8. The van der Waals surface area contributed by atoms with E-state index in [2.05, 4.69) is 10.6 Å². The summed E-state index contributed by atoms with van der Waals surface area (Å²) in [6, 6.07) is 28.3. The van der Waals surface area contributed by atoms with Crippen molar-refractivity contribution in [2.24, 2.45) is 16.7 Å². The maximum absolute atomic E-state index is 16.5. The highest BCUT2D eigenvalue weighted by atomic mass is 19.2. The summed E-state index contributed by atoms with van der Waals surface area (Å²) in [5.41, 5.74) is -10.0. The third kappa shape index (κ3) is 11.1. The summed E-state index contributed by atoms with van der Waals surface area (Å²) >= 11 is 0. The van der Waals surface area contributed by atoms with Crippen LogP contribution in [0.1, 0.15) is 109 Å². The highest BCUT2D eigenvalue weighted by Crippen LogP contribution is 2.65. The molecule has 2 saturated carbocycles. The number of nitrogens with one attached hydrogen (secondary N) is 2. The number of aliphatic hydroxyl groups is 3. The number of benzene rings is 5. The molecule has 2 amide bonds. The highest BCUT2D eigenvalue weighted by molar-refractivity contribution is 5.97. The molecule has 85 heavy (non-hydrogen) atoms. The molecule has 1 saturated heterocycles. The first-order valence-electron chi connectivity index (χ1n) is 27.2. The molecular formula is C63H61F3N2O17. The number of aliphatic hydroxyl groups excluding tert-OH is 2. The van der Waals surface area contributed by atoms with Crippen molar-refractivity contribution in [2.75, 3.05) is 6.61 Å². The van der Waals surface area contributed by atoms with E-state index in [1.165, 1.54) is 88.4 Å². The molecule has 0 radical (unpaired) electrons. The topological polar surface area (TPSA) is 277 Å². The van der Waals surface area contributed by atoms with E-state index in [4.69, 9.17) is 28.4 Å². The van der Waals surface area contributed by atoms with Crippen LogP contribution in [0.15, 0.2) is 145 Å². The molecule has 446 valence electrons. The van der Waals surface area contributed by atoms with Crippen LogP contribution in [-0.2, 0) is 52.4 Å². The van der Waals surface area contributed by atoms with Gasteiger partial charge in [0.05, 0.1) is 41.2 Å². The maximum atomic E-state index is 16.5. The second-order valence-electron chi connectivity index (χ2n) is 22.3. The van der Waals surface area contributed by atoms with Gasteiger partial charge in [0.25, 0.3) is 11.8 Å². The quantitative estimate of drug-likeness (QED) is 0.0317. The maximum Gasteiger partial charge on any atom is 0.338 e. The van der Waals surface area contributed by atoms with E-state index >= 15 is 9.18 Å². The molecule has 22 heteroatoms. The Morgan fingerprint density at radius 2 is 1.16 bits per heavy atom. The van der Waals surface area contributed by atoms with Gasteiger partial charge in [-0.05, 0) is 72.5 Å². The molecule has 0 aromatic heterocycles. The Labute approximate surface area is 485 Å². The molecule has 1 heterocycles. The van der Waals surface area contributed by atoms with E-state index in [0.29, 0.717) is 12.1 Å². The van der Waals surface area contributed by atoms with Gasteiger partial charge in [0.15, 0.2) is 47.1 Å². The molecule has 5 aromatic rings. The van der Waals surface area contributed by atoms with Crippen LogP contribution in [0.5, 0.6) is 0 Å². The molecule has 0 spiro atoms. The minimum Gasteiger partial charge on any atom is -0.459 e. The number of ketones is 1. The number of amides is 2. The minimum absolute atomic E-state index is 0.00653. The number of rotatable bonds is 16. The van der Waals surface area contributed by atoms with E-state index in [0.717, 1.165) is 13.8 Å². The Balaban J connectivity index is 1.19. The summed E-state index contributed by atoms with van der Waals surface area (Å²) in [5.74, 6) is -16.7. The van der Waals surface area contributed by atoms with Crippen LogP contribution >= 0.6 is 0 Å². The van der Waals surface area contributed by atoms with Crippen molar-refractivity contribution in [3.63, 3.8) is 0 Å². The Hall–Kier alpha value is -8.57. The fourth-order valence-corrected chi connectivity index (χ4v) is 12.6. The lowest BCUT2D eigenvalue weighted by Crippen LogP contribution is -2.82. The van der Waals surface area contributed by atoms with Gasteiger partial charge in [-0.25, -0.2) is 27.6 Å². The highest BCUT2D eigenvalue weighted by Gasteiger charge is 2.79. The predicted octanol–water partition coefficient (Wildman–Crippen LogP) is 6.24. The van der Waals surface area contributed by atoms with Crippen molar-refractivity contribution in [1.82, 2.24) is 10.6 Å². The third-order valence-electron chi connectivity index (χ3n) is 17.0. The Morgan fingerprint density at radius 3 is 1.68 bits per heavy atom. The number of fused-ring (bicyclic) bond motifs is 5. The van der Waals surface area contributed by atoms with Crippen LogP contribution in [0.3, 0.4) is 0 Å². The van der Waals surface area contributed by atoms with Gasteiger partial charge in [0.2, 0.25) is 0 Å². The number of hydrogen-bond donors (Lipinski definition) is 5. The smallest absolute Gasteiger partial charge is 0.338 e. The van der Waals surface area contributed by atoms with Crippen LogP contribution in [0.25, 0.3) is 0 Å². The number of ether oxygens (including phenoxy) is 6. The first kappa shape index (κ1) is 61.0. The van der Waals surface area contributed by atoms with Gasteiger partial charge in [0.1, 0.15) is 30.0 Å². The summed E-state index contributed by atoms with van der Waals surface area (Å²) in [6.07, 6.45) is -15.2. The monoisotopic (exact) mass is 1170 g/mol. The molecule has 2 bridgehead atoms. The summed E-state index contributed by atoms with van der Waals surface area (Å²) in [6.45, 7) is 7.03. The van der Waals surface area contributed by atoms with Crippen LogP contribution < -0.4 is 10.6 Å². The van der Waals surface area contributed by atoms with Gasteiger partial charge in [-0.3, -0.25) is 24.0 Å². The van der Waals surface area contributed by atoms with Gasteiger partial charge in [-0.15, -0.1) is 0 Å². The summed E-state index contributed by atoms with van der Waals surface area (Å²) in [7, 11) is 0. The fraction of sp³-hybridized carbons (Fsp3) is 0.365. The number of Topliss-reactive ketones (excluding diaryl/α,β-unsaturated/α-hetero) is 1. The van der Waals surface area contributed by atoms with Crippen molar-refractivity contribution in [3.05, 3.63) is 190 Å². The average molecular weight is 1180 g/mol. The summed E-state index contributed by atoms with van der Waals surface area (Å²) in [4.78, 5) is 115. The number of halogens is 3. The van der Waals surface area contributed by atoms with Gasteiger partial charge in [-0.2, -0.15) is 0 Å². The predicted molar refractivity (Wildman–Crippen MR) is 291 cm³/mol. The lowest BCUT2D eigenvalue weighted by Gasteiger charge is -2.67. The molecule has 13 atom stereocenters. The van der Waals surface area contributed by atoms with Gasteiger partial charge in [-0.1, -0.05) is 111 Å². The van der Waals surface area contributed by atoms with E-state index in [1.807, 2.05) is 0 Å². The van der Waals surface area contributed by atoms with Crippen molar-refractivity contribution in [2.45, 2.75) is 120 Å². The minimum atomic E-state index is -2.68. The van der Waals surface area contributed by atoms with E-state index < -0.39 is 173 Å². The lowest BCUT2D eigenvalue weighted by molar-refractivity contribution is -0.346. The fourth-order valence-electron chi connectivity index (χ4n) is 12.6. The first-order valence-corrected chi connectivity index (χ1v) is 27.2. The number of hydrogen-bond acceptors (Lipinski definition) is 17. The molecule has 4 aliphatic rings. The van der Waals surface area contributed by atoms with Crippen LogP contribution in [0.2, 0.25) is 0 Å². The Bertz CT molecular complexity index is 3460. The molecular weight excluding hydrogens is 1110 g/mol. The zero-order valence-corrected chi connectivity index (χ0v) is 46.8. The molecule has 1 aliphatic heterocycles. The lowest BCUT2D eigenvalue weighted by atomic mass is 9.44. The molecule has 9 rings (SSSR count). The molecule has 19 nitrogen and oxygen atoms in total. The normalized spacial score (nSPS) is 27.0. The largest absolute Gasteiger partial charge is 0.459 e. The number of esters is 5. The van der Waals surface area contributed by atoms with Crippen LogP contribution in [0.4, 0.5) is 13.2 Å².